The highest BCUT2D eigenvalue weighted by Gasteiger charge is 2.11. The van der Waals surface area contributed by atoms with Crippen molar-refractivity contribution >= 4 is 23.0 Å². The number of ether oxygens (including phenoxy) is 2. The average Bonchev–Trinajstić information content (AvgIpc) is 3.03. The van der Waals surface area contributed by atoms with Crippen LogP contribution in [0.5, 0.6) is 11.5 Å². The summed E-state index contributed by atoms with van der Waals surface area (Å²) in [5.41, 5.74) is 0.947. The first-order valence-corrected chi connectivity index (χ1v) is 9.70. The fraction of sp³-hybridized carbons (Fsp3) is 0.421. The number of nitrogens with one attached hydrogen (secondary N) is 2. The van der Waals surface area contributed by atoms with Gasteiger partial charge in [0.05, 0.1) is 13.2 Å². The third-order valence-corrected chi connectivity index (χ3v) is 4.68. The first-order chi connectivity index (χ1) is 12.3. The van der Waals surface area contributed by atoms with Crippen molar-refractivity contribution in [2.75, 3.05) is 31.6 Å². The van der Waals surface area contributed by atoms with E-state index < -0.39 is 0 Å². The zero-order valence-electron chi connectivity index (χ0n) is 14.6. The van der Waals surface area contributed by atoms with E-state index in [0.717, 1.165) is 55.5 Å². The monoisotopic (exact) mass is 359 g/mol. The van der Waals surface area contributed by atoms with Gasteiger partial charge in [0.2, 0.25) is 0 Å². The molecule has 134 valence electrons. The lowest BCUT2D eigenvalue weighted by molar-refractivity contribution is 0.297. The molecule has 0 saturated heterocycles. The smallest absolute Gasteiger partial charge is 0.195 e. The zero-order chi connectivity index (χ0) is 17.3. The summed E-state index contributed by atoms with van der Waals surface area (Å²) in [7, 11) is 0. The van der Waals surface area contributed by atoms with Gasteiger partial charge in [-0.05, 0) is 36.4 Å². The molecule has 1 aliphatic heterocycles. The largest absolute Gasteiger partial charge is 0.490 e. The van der Waals surface area contributed by atoms with E-state index in [2.05, 4.69) is 40.1 Å². The summed E-state index contributed by atoms with van der Waals surface area (Å²) in [5, 5.41) is 8.89. The Morgan fingerprint density at radius 1 is 1.20 bits per heavy atom. The molecule has 2 N–H and O–H groups in total. The molecule has 0 aliphatic carbocycles. The summed E-state index contributed by atoms with van der Waals surface area (Å²) in [6, 6.07) is 10.2. The Kier molecular flexibility index (Phi) is 6.56. The molecule has 0 fully saturated rings. The molecule has 2 aromatic rings. The normalized spacial score (nSPS) is 14.0. The number of guanidine groups is 1. The fourth-order valence-electron chi connectivity index (χ4n) is 2.50. The van der Waals surface area contributed by atoms with Crippen molar-refractivity contribution in [3.63, 3.8) is 0 Å². The molecule has 3 rings (SSSR count). The Morgan fingerprint density at radius 3 is 2.88 bits per heavy atom. The van der Waals surface area contributed by atoms with Crippen LogP contribution >= 0.6 is 11.3 Å². The molecule has 1 aromatic heterocycles. The quantitative estimate of drug-likeness (QED) is 0.606. The van der Waals surface area contributed by atoms with Crippen LogP contribution in [0.25, 0.3) is 0 Å². The van der Waals surface area contributed by atoms with Gasteiger partial charge in [-0.25, -0.2) is 0 Å². The van der Waals surface area contributed by atoms with E-state index in [9.17, 15) is 0 Å². The highest BCUT2D eigenvalue weighted by Crippen LogP contribution is 2.32. The number of aliphatic imine (C=N–C) groups is 1. The lowest BCUT2D eigenvalue weighted by Crippen LogP contribution is -2.32. The number of benzene rings is 1. The number of nitrogens with zero attached hydrogens (tertiary/aromatic N) is 1. The molecule has 1 aliphatic rings. The second kappa shape index (κ2) is 9.32. The first-order valence-electron chi connectivity index (χ1n) is 8.82. The summed E-state index contributed by atoms with van der Waals surface area (Å²) < 4.78 is 11.4. The predicted octanol–water partition coefficient (Wildman–Crippen LogP) is 3.92. The number of anilines is 1. The molecule has 2 heterocycles. The van der Waals surface area contributed by atoms with Gasteiger partial charge in [-0.1, -0.05) is 13.0 Å². The predicted molar refractivity (Wildman–Crippen MR) is 104 cm³/mol. The average molecular weight is 359 g/mol. The lowest BCUT2D eigenvalue weighted by atomic mass is 10.2. The van der Waals surface area contributed by atoms with E-state index in [4.69, 9.17) is 9.47 Å². The fourth-order valence-corrected chi connectivity index (χ4v) is 3.21. The lowest BCUT2D eigenvalue weighted by Gasteiger charge is -2.14. The SMILES string of the molecule is CCCN=C(NCCc1cccs1)Nc1ccc2c(c1)OCCCO2. The second-order valence-corrected chi connectivity index (χ2v) is 6.86. The molecule has 0 radical (unpaired) electrons. The number of hydrogen-bond acceptors (Lipinski definition) is 4. The summed E-state index contributed by atoms with van der Waals surface area (Å²) in [6.45, 7) is 5.15. The van der Waals surface area contributed by atoms with Gasteiger partial charge >= 0.3 is 0 Å². The van der Waals surface area contributed by atoms with E-state index in [1.54, 1.807) is 11.3 Å². The van der Waals surface area contributed by atoms with Crippen LogP contribution in [-0.4, -0.2) is 32.3 Å². The first kappa shape index (κ1) is 17.6. The van der Waals surface area contributed by atoms with E-state index in [-0.39, 0.29) is 0 Å². The minimum atomic E-state index is 0.687. The molecule has 25 heavy (non-hydrogen) atoms. The van der Waals surface area contributed by atoms with Crippen molar-refractivity contribution in [1.82, 2.24) is 5.32 Å². The van der Waals surface area contributed by atoms with Gasteiger partial charge < -0.3 is 20.1 Å². The molecule has 0 unspecified atom stereocenters. The van der Waals surface area contributed by atoms with Crippen LogP contribution in [0.2, 0.25) is 0 Å². The summed E-state index contributed by atoms with van der Waals surface area (Å²) in [6.07, 6.45) is 2.91. The Morgan fingerprint density at radius 2 is 2.08 bits per heavy atom. The van der Waals surface area contributed by atoms with Crippen molar-refractivity contribution in [2.45, 2.75) is 26.2 Å². The standard InChI is InChI=1S/C19H25N3O2S/c1-2-9-20-19(21-10-8-16-5-3-13-25-16)22-15-6-7-17-18(14-15)24-12-4-11-23-17/h3,5-7,13-14H,2,4,8-12H2,1H3,(H2,20,21,22). The third kappa shape index (κ3) is 5.39. The number of thiophene rings is 1. The molecule has 0 spiro atoms. The van der Waals surface area contributed by atoms with Crippen molar-refractivity contribution in [1.29, 1.82) is 0 Å². The van der Waals surface area contributed by atoms with Crippen LogP contribution in [0, 0.1) is 0 Å². The number of hydrogen-bond donors (Lipinski definition) is 2. The molecule has 0 atom stereocenters. The molecule has 6 heteroatoms. The summed E-state index contributed by atoms with van der Waals surface area (Å²) in [5.74, 6) is 2.39. The summed E-state index contributed by atoms with van der Waals surface area (Å²) >= 11 is 1.78. The van der Waals surface area contributed by atoms with Crippen LogP contribution in [0.15, 0.2) is 40.7 Å². The molecular weight excluding hydrogens is 334 g/mol. The van der Waals surface area contributed by atoms with Crippen LogP contribution < -0.4 is 20.1 Å². The van der Waals surface area contributed by atoms with Gasteiger partial charge in [0.15, 0.2) is 17.5 Å². The van der Waals surface area contributed by atoms with Crippen LogP contribution in [0.3, 0.4) is 0 Å². The van der Waals surface area contributed by atoms with E-state index >= 15 is 0 Å². The van der Waals surface area contributed by atoms with Crippen molar-refractivity contribution in [3.8, 4) is 11.5 Å². The molecule has 0 amide bonds. The Balaban J connectivity index is 1.62. The highest BCUT2D eigenvalue weighted by atomic mass is 32.1. The van der Waals surface area contributed by atoms with Gasteiger partial charge in [0.25, 0.3) is 0 Å². The summed E-state index contributed by atoms with van der Waals surface area (Å²) in [4.78, 5) is 5.99. The van der Waals surface area contributed by atoms with Gasteiger partial charge in [-0.15, -0.1) is 11.3 Å². The Bertz CT molecular complexity index is 686. The van der Waals surface area contributed by atoms with Crippen molar-refractivity contribution in [2.24, 2.45) is 4.99 Å². The Labute approximate surface area is 153 Å². The van der Waals surface area contributed by atoms with Gasteiger partial charge in [-0.2, -0.15) is 0 Å². The maximum absolute atomic E-state index is 5.76. The zero-order valence-corrected chi connectivity index (χ0v) is 15.4. The van der Waals surface area contributed by atoms with Crippen molar-refractivity contribution < 1.29 is 9.47 Å². The molecule has 0 saturated carbocycles. The van der Waals surface area contributed by atoms with Gasteiger partial charge in [-0.3, -0.25) is 4.99 Å². The Hall–Kier alpha value is -2.21. The van der Waals surface area contributed by atoms with E-state index in [1.165, 1.54) is 4.88 Å². The maximum atomic E-state index is 5.76. The third-order valence-electron chi connectivity index (χ3n) is 3.75. The van der Waals surface area contributed by atoms with E-state index in [1.807, 2.05) is 18.2 Å². The molecule has 0 bridgehead atoms. The van der Waals surface area contributed by atoms with Crippen LogP contribution in [0.1, 0.15) is 24.6 Å². The molecule has 5 nitrogen and oxygen atoms in total. The molecular formula is C19H25N3O2S. The maximum Gasteiger partial charge on any atom is 0.195 e. The van der Waals surface area contributed by atoms with Crippen molar-refractivity contribution in [3.05, 3.63) is 40.6 Å². The minimum Gasteiger partial charge on any atom is -0.490 e. The van der Waals surface area contributed by atoms with Gasteiger partial charge in [0.1, 0.15) is 0 Å². The van der Waals surface area contributed by atoms with Gasteiger partial charge in [0, 0.05) is 36.1 Å². The van der Waals surface area contributed by atoms with Crippen LogP contribution in [-0.2, 0) is 6.42 Å². The highest BCUT2D eigenvalue weighted by molar-refractivity contribution is 7.09. The van der Waals surface area contributed by atoms with E-state index in [0.29, 0.717) is 13.2 Å². The number of fused-ring (bicyclic) bond motifs is 1. The second-order valence-electron chi connectivity index (χ2n) is 5.82. The van der Waals surface area contributed by atoms with Crippen LogP contribution in [0.4, 0.5) is 5.69 Å². The minimum absolute atomic E-state index is 0.687. The topological polar surface area (TPSA) is 54.9 Å². The molecule has 1 aromatic carbocycles. The number of rotatable bonds is 6.